The minimum atomic E-state index is 0.469. The molecule has 0 aliphatic heterocycles. The second kappa shape index (κ2) is 6.57. The lowest BCUT2D eigenvalue weighted by atomic mass is 10.1. The lowest BCUT2D eigenvalue weighted by molar-refractivity contribution is 0.408. The molecule has 1 N–H and O–H groups in total. The standard InChI is InChI=1S/C16H23N3O/c1-12(2)17-8-15-10-19(11-18-15)9-14-7-13(3)5-6-16(14)20-4/h5-7,10-12,17H,8-9H2,1-4H3. The van der Waals surface area contributed by atoms with E-state index >= 15 is 0 Å². The number of methoxy groups -OCH3 is 1. The third kappa shape index (κ3) is 3.84. The average Bonchev–Trinajstić information content (AvgIpc) is 2.84. The van der Waals surface area contributed by atoms with Crippen LogP contribution in [0, 0.1) is 6.92 Å². The van der Waals surface area contributed by atoms with Gasteiger partial charge in [-0.3, -0.25) is 0 Å². The maximum absolute atomic E-state index is 5.41. The monoisotopic (exact) mass is 273 g/mol. The van der Waals surface area contributed by atoms with Gasteiger partial charge in [-0.25, -0.2) is 4.98 Å². The second-order valence-corrected chi connectivity index (χ2v) is 5.39. The van der Waals surface area contributed by atoms with E-state index in [1.807, 2.05) is 12.4 Å². The fourth-order valence-electron chi connectivity index (χ4n) is 2.12. The van der Waals surface area contributed by atoms with E-state index in [4.69, 9.17) is 4.74 Å². The first kappa shape index (κ1) is 14.6. The van der Waals surface area contributed by atoms with Crippen molar-refractivity contribution >= 4 is 0 Å². The van der Waals surface area contributed by atoms with Crippen molar-refractivity contribution in [1.29, 1.82) is 0 Å². The van der Waals surface area contributed by atoms with Crippen molar-refractivity contribution in [2.75, 3.05) is 7.11 Å². The smallest absolute Gasteiger partial charge is 0.123 e. The summed E-state index contributed by atoms with van der Waals surface area (Å²) in [5.74, 6) is 0.922. The molecule has 0 aliphatic rings. The van der Waals surface area contributed by atoms with Crippen LogP contribution in [0.2, 0.25) is 0 Å². The zero-order valence-electron chi connectivity index (χ0n) is 12.7. The number of nitrogens with zero attached hydrogens (tertiary/aromatic N) is 2. The topological polar surface area (TPSA) is 39.1 Å². The van der Waals surface area contributed by atoms with Gasteiger partial charge in [-0.2, -0.15) is 0 Å². The molecule has 1 aromatic carbocycles. The van der Waals surface area contributed by atoms with Gasteiger partial charge in [-0.05, 0) is 13.0 Å². The van der Waals surface area contributed by atoms with Gasteiger partial charge in [0.15, 0.2) is 0 Å². The first-order valence-corrected chi connectivity index (χ1v) is 6.96. The van der Waals surface area contributed by atoms with Gasteiger partial charge in [0.25, 0.3) is 0 Å². The van der Waals surface area contributed by atoms with E-state index in [2.05, 4.69) is 54.0 Å². The molecule has 0 fully saturated rings. The molecule has 108 valence electrons. The Bertz CT molecular complexity index is 561. The summed E-state index contributed by atoms with van der Waals surface area (Å²) in [7, 11) is 1.71. The molecule has 4 heteroatoms. The van der Waals surface area contributed by atoms with Gasteiger partial charge in [0.05, 0.1) is 25.7 Å². The molecule has 20 heavy (non-hydrogen) atoms. The van der Waals surface area contributed by atoms with Crippen LogP contribution >= 0.6 is 0 Å². The maximum atomic E-state index is 5.41. The number of aromatic nitrogens is 2. The zero-order chi connectivity index (χ0) is 14.5. The molecule has 0 bridgehead atoms. The highest BCUT2D eigenvalue weighted by Crippen LogP contribution is 2.20. The van der Waals surface area contributed by atoms with Crippen LogP contribution in [0.15, 0.2) is 30.7 Å². The largest absolute Gasteiger partial charge is 0.496 e. The van der Waals surface area contributed by atoms with Crippen molar-refractivity contribution in [2.45, 2.75) is 39.9 Å². The van der Waals surface area contributed by atoms with E-state index in [1.165, 1.54) is 11.1 Å². The van der Waals surface area contributed by atoms with Gasteiger partial charge in [-0.15, -0.1) is 0 Å². The minimum absolute atomic E-state index is 0.469. The Kier molecular flexibility index (Phi) is 4.79. The molecule has 0 saturated heterocycles. The van der Waals surface area contributed by atoms with Crippen molar-refractivity contribution in [3.63, 3.8) is 0 Å². The van der Waals surface area contributed by atoms with Crippen molar-refractivity contribution < 1.29 is 4.74 Å². The second-order valence-electron chi connectivity index (χ2n) is 5.39. The van der Waals surface area contributed by atoms with Crippen LogP contribution in [-0.4, -0.2) is 22.7 Å². The fourth-order valence-corrected chi connectivity index (χ4v) is 2.12. The Labute approximate surface area is 120 Å². The third-order valence-electron chi connectivity index (χ3n) is 3.17. The van der Waals surface area contributed by atoms with Crippen LogP contribution in [0.25, 0.3) is 0 Å². The molecule has 1 aromatic heterocycles. The first-order chi connectivity index (χ1) is 9.58. The van der Waals surface area contributed by atoms with Crippen LogP contribution in [0.3, 0.4) is 0 Å². The third-order valence-corrected chi connectivity index (χ3v) is 3.17. The lowest BCUT2D eigenvalue weighted by Crippen LogP contribution is -2.21. The quantitative estimate of drug-likeness (QED) is 0.879. The molecule has 0 amide bonds. The van der Waals surface area contributed by atoms with Crippen LogP contribution in [0.5, 0.6) is 5.75 Å². The summed E-state index contributed by atoms with van der Waals surface area (Å²) in [5.41, 5.74) is 3.47. The van der Waals surface area contributed by atoms with Crippen molar-refractivity contribution in [3.05, 3.63) is 47.5 Å². The van der Waals surface area contributed by atoms with E-state index in [-0.39, 0.29) is 0 Å². The van der Waals surface area contributed by atoms with Gasteiger partial charge in [0.1, 0.15) is 5.75 Å². The highest BCUT2D eigenvalue weighted by molar-refractivity contribution is 5.37. The summed E-state index contributed by atoms with van der Waals surface area (Å²) >= 11 is 0. The molecular weight excluding hydrogens is 250 g/mol. The summed E-state index contributed by atoms with van der Waals surface area (Å²) in [5, 5.41) is 3.37. The molecule has 2 aromatic rings. The van der Waals surface area contributed by atoms with E-state index in [0.29, 0.717) is 6.04 Å². The zero-order valence-corrected chi connectivity index (χ0v) is 12.7. The van der Waals surface area contributed by atoms with Crippen LogP contribution in [0.1, 0.15) is 30.7 Å². The van der Waals surface area contributed by atoms with Crippen molar-refractivity contribution in [1.82, 2.24) is 14.9 Å². The van der Waals surface area contributed by atoms with Crippen LogP contribution in [-0.2, 0) is 13.1 Å². The van der Waals surface area contributed by atoms with Gasteiger partial charge in [-0.1, -0.05) is 31.5 Å². The van der Waals surface area contributed by atoms with Gasteiger partial charge in [0.2, 0.25) is 0 Å². The number of nitrogens with one attached hydrogen (secondary N) is 1. The predicted molar refractivity (Wildman–Crippen MR) is 81.0 cm³/mol. The number of rotatable bonds is 6. The molecule has 0 saturated carbocycles. The number of ether oxygens (including phenoxy) is 1. The number of imidazole rings is 1. The van der Waals surface area contributed by atoms with E-state index in [9.17, 15) is 0 Å². The summed E-state index contributed by atoms with van der Waals surface area (Å²) in [4.78, 5) is 4.42. The summed E-state index contributed by atoms with van der Waals surface area (Å²) < 4.78 is 7.50. The minimum Gasteiger partial charge on any atom is -0.496 e. The Hall–Kier alpha value is -1.81. The SMILES string of the molecule is COc1ccc(C)cc1Cn1cnc(CNC(C)C)c1. The molecule has 0 spiro atoms. The van der Waals surface area contributed by atoms with Gasteiger partial charge >= 0.3 is 0 Å². The van der Waals surface area contributed by atoms with E-state index < -0.39 is 0 Å². The molecule has 0 unspecified atom stereocenters. The Morgan fingerprint density at radius 3 is 2.85 bits per heavy atom. The average molecular weight is 273 g/mol. The molecule has 1 heterocycles. The molecule has 0 atom stereocenters. The fraction of sp³-hybridized carbons (Fsp3) is 0.438. The Morgan fingerprint density at radius 2 is 2.15 bits per heavy atom. The van der Waals surface area contributed by atoms with Crippen molar-refractivity contribution in [2.24, 2.45) is 0 Å². The van der Waals surface area contributed by atoms with E-state index in [1.54, 1.807) is 7.11 Å². The number of aryl methyl sites for hydroxylation is 1. The maximum Gasteiger partial charge on any atom is 0.123 e. The first-order valence-electron chi connectivity index (χ1n) is 6.96. The number of hydrogen-bond acceptors (Lipinski definition) is 3. The number of hydrogen-bond donors (Lipinski definition) is 1. The summed E-state index contributed by atoms with van der Waals surface area (Å²) in [6, 6.07) is 6.71. The van der Waals surface area contributed by atoms with Crippen LogP contribution in [0.4, 0.5) is 0 Å². The normalized spacial score (nSPS) is 11.1. The highest BCUT2D eigenvalue weighted by atomic mass is 16.5. The Balaban J connectivity index is 2.08. The van der Waals surface area contributed by atoms with Gasteiger partial charge < -0.3 is 14.6 Å². The Morgan fingerprint density at radius 1 is 1.35 bits per heavy atom. The molecule has 4 nitrogen and oxygen atoms in total. The predicted octanol–water partition coefficient (Wildman–Crippen LogP) is 2.75. The van der Waals surface area contributed by atoms with Gasteiger partial charge in [0, 0.05) is 24.3 Å². The molecule has 0 radical (unpaired) electrons. The van der Waals surface area contributed by atoms with E-state index in [0.717, 1.165) is 24.5 Å². The van der Waals surface area contributed by atoms with Crippen LogP contribution < -0.4 is 10.1 Å². The molecule has 2 rings (SSSR count). The highest BCUT2D eigenvalue weighted by Gasteiger charge is 2.05. The molecule has 0 aliphatic carbocycles. The summed E-state index contributed by atoms with van der Waals surface area (Å²) in [6.07, 6.45) is 3.95. The van der Waals surface area contributed by atoms with Crippen molar-refractivity contribution in [3.8, 4) is 5.75 Å². The molecular formula is C16H23N3O. The summed E-state index contributed by atoms with van der Waals surface area (Å²) in [6.45, 7) is 7.94. The lowest BCUT2D eigenvalue weighted by Gasteiger charge is -2.10. The number of benzene rings is 1.